The van der Waals surface area contributed by atoms with E-state index < -0.39 is 10.0 Å². The van der Waals surface area contributed by atoms with Gasteiger partial charge in [-0.05, 0) is 69.2 Å². The van der Waals surface area contributed by atoms with E-state index in [1.807, 2.05) is 33.8 Å². The Morgan fingerprint density at radius 3 is 2.44 bits per heavy atom. The van der Waals surface area contributed by atoms with Gasteiger partial charge in [0.15, 0.2) is 0 Å². The van der Waals surface area contributed by atoms with E-state index in [1.165, 1.54) is 39.9 Å². The molecule has 1 amide bonds. The molecule has 1 aromatic heterocycles. The minimum absolute atomic E-state index is 0.153. The Balaban J connectivity index is 1.44. The summed E-state index contributed by atoms with van der Waals surface area (Å²) in [5.41, 5.74) is 8.97. The predicted octanol–water partition coefficient (Wildman–Crippen LogP) is 3.47. The minimum atomic E-state index is -3.65. The van der Waals surface area contributed by atoms with Crippen LogP contribution in [0.15, 0.2) is 41.3 Å². The van der Waals surface area contributed by atoms with Crippen molar-refractivity contribution in [3.05, 3.63) is 53.1 Å². The number of morpholine rings is 1. The van der Waals surface area contributed by atoms with Crippen LogP contribution in [-0.4, -0.2) is 48.9 Å². The van der Waals surface area contributed by atoms with Crippen LogP contribution >= 0.6 is 11.3 Å². The molecule has 8 nitrogen and oxygen atoms in total. The van der Waals surface area contributed by atoms with Gasteiger partial charge in [0.1, 0.15) is 0 Å². The van der Waals surface area contributed by atoms with Crippen molar-refractivity contribution >= 4 is 42.6 Å². The Morgan fingerprint density at radius 1 is 1.12 bits per heavy atom. The fraction of sp³-hybridized carbons (Fsp3) is 0.364. The monoisotopic (exact) mass is 474 g/mol. The lowest BCUT2D eigenvalue weighted by Crippen LogP contribution is -2.48. The van der Waals surface area contributed by atoms with Crippen LogP contribution in [0.25, 0.3) is 10.2 Å². The fourth-order valence-corrected chi connectivity index (χ4v) is 6.33. The summed E-state index contributed by atoms with van der Waals surface area (Å²) < 4.78 is 34.0. The normalized spacial score (nSPS) is 19.8. The third-order valence-corrected chi connectivity index (χ3v) is 8.21. The Kier molecular flexibility index (Phi) is 6.22. The first kappa shape index (κ1) is 22.7. The Bertz CT molecular complexity index is 1240. The summed E-state index contributed by atoms with van der Waals surface area (Å²) in [6.45, 7) is 8.37. The highest BCUT2D eigenvalue weighted by molar-refractivity contribution is 7.89. The summed E-state index contributed by atoms with van der Waals surface area (Å²) in [7, 11) is -3.65. The molecule has 3 aromatic rings. The zero-order valence-corrected chi connectivity index (χ0v) is 20.0. The quantitative estimate of drug-likeness (QED) is 0.549. The molecule has 1 aliphatic heterocycles. The number of aromatic nitrogens is 1. The van der Waals surface area contributed by atoms with Gasteiger partial charge in [0.2, 0.25) is 15.2 Å². The molecule has 2 aromatic carbocycles. The summed E-state index contributed by atoms with van der Waals surface area (Å²) in [4.78, 5) is 17.2. The molecule has 0 spiro atoms. The molecule has 0 radical (unpaired) electrons. The molecule has 170 valence electrons. The van der Waals surface area contributed by atoms with E-state index in [0.29, 0.717) is 23.8 Å². The van der Waals surface area contributed by atoms with Gasteiger partial charge in [-0.15, -0.1) is 0 Å². The molecule has 1 aliphatic rings. The van der Waals surface area contributed by atoms with E-state index in [-0.39, 0.29) is 23.0 Å². The number of thiazole rings is 1. The largest absolute Gasteiger partial charge is 0.373 e. The van der Waals surface area contributed by atoms with Crippen LogP contribution in [0.3, 0.4) is 0 Å². The number of aryl methyl sites for hydroxylation is 2. The second kappa shape index (κ2) is 8.78. The Hall–Kier alpha value is -2.53. The molecule has 4 rings (SSSR count). The van der Waals surface area contributed by atoms with Crippen LogP contribution in [0.1, 0.15) is 35.3 Å². The maximum atomic E-state index is 13.0. The molecule has 0 bridgehead atoms. The molecule has 1 fully saturated rings. The van der Waals surface area contributed by atoms with Crippen molar-refractivity contribution < 1.29 is 17.9 Å². The minimum Gasteiger partial charge on any atom is -0.373 e. The standard InChI is InChI=1S/C22H26N4O4S2/c1-13-9-14(2)20-19(10-13)23-22(31-20)25-24-21(27)17-5-7-18(8-6-17)32(28,29)26-11-15(3)30-16(4)12-26/h5-10,15-16H,11-12H2,1-4H3,(H,23,25)(H,24,27)/t15-,16+. The first-order chi connectivity index (χ1) is 15.1. The molecule has 0 unspecified atom stereocenters. The smallest absolute Gasteiger partial charge is 0.269 e. The van der Waals surface area contributed by atoms with E-state index in [0.717, 1.165) is 21.3 Å². The summed E-state index contributed by atoms with van der Waals surface area (Å²) in [6, 6.07) is 10.0. The van der Waals surface area contributed by atoms with Crippen molar-refractivity contribution in [1.82, 2.24) is 14.7 Å². The van der Waals surface area contributed by atoms with Crippen molar-refractivity contribution in [2.75, 3.05) is 18.5 Å². The number of fused-ring (bicyclic) bond motifs is 1. The zero-order valence-electron chi connectivity index (χ0n) is 18.4. The molecule has 32 heavy (non-hydrogen) atoms. The number of benzene rings is 2. The average Bonchev–Trinajstić information content (AvgIpc) is 3.14. The maximum absolute atomic E-state index is 13.0. The third-order valence-electron chi connectivity index (χ3n) is 5.24. The van der Waals surface area contributed by atoms with Gasteiger partial charge in [-0.3, -0.25) is 15.6 Å². The van der Waals surface area contributed by atoms with Crippen LogP contribution in [0, 0.1) is 13.8 Å². The number of rotatable bonds is 5. The number of anilines is 1. The SMILES string of the molecule is Cc1cc(C)c2sc(NNC(=O)c3ccc(S(=O)(=O)N4C[C@@H](C)O[C@@H](C)C4)cc3)nc2c1. The molecule has 0 aliphatic carbocycles. The van der Waals surface area contributed by atoms with Gasteiger partial charge in [0, 0.05) is 18.7 Å². The number of hydrogen-bond donors (Lipinski definition) is 2. The lowest BCUT2D eigenvalue weighted by molar-refractivity contribution is -0.0440. The van der Waals surface area contributed by atoms with Crippen molar-refractivity contribution in [2.24, 2.45) is 0 Å². The molecular formula is C22H26N4O4S2. The van der Waals surface area contributed by atoms with Gasteiger partial charge >= 0.3 is 0 Å². The van der Waals surface area contributed by atoms with Gasteiger partial charge in [-0.2, -0.15) is 4.31 Å². The topological polar surface area (TPSA) is 101 Å². The number of carbonyl (C=O) groups is 1. The summed E-state index contributed by atoms with van der Waals surface area (Å²) in [6.07, 6.45) is -0.334. The van der Waals surface area contributed by atoms with Crippen molar-refractivity contribution in [1.29, 1.82) is 0 Å². The number of hydrazine groups is 1. The lowest BCUT2D eigenvalue weighted by atomic mass is 10.1. The summed E-state index contributed by atoms with van der Waals surface area (Å²) >= 11 is 1.46. The van der Waals surface area contributed by atoms with Gasteiger partial charge in [0.05, 0.1) is 27.3 Å². The molecule has 10 heteroatoms. The highest BCUT2D eigenvalue weighted by Gasteiger charge is 2.32. The molecule has 1 saturated heterocycles. The van der Waals surface area contributed by atoms with Gasteiger partial charge in [-0.25, -0.2) is 13.4 Å². The molecule has 2 atom stereocenters. The van der Waals surface area contributed by atoms with Crippen molar-refractivity contribution in [2.45, 2.75) is 44.8 Å². The number of sulfonamides is 1. The Morgan fingerprint density at radius 2 is 1.78 bits per heavy atom. The Labute approximate surface area is 191 Å². The van der Waals surface area contributed by atoms with Crippen molar-refractivity contribution in [3.8, 4) is 0 Å². The van der Waals surface area contributed by atoms with E-state index in [4.69, 9.17) is 4.74 Å². The van der Waals surface area contributed by atoms with Gasteiger partial charge in [-0.1, -0.05) is 17.4 Å². The number of amides is 1. The van der Waals surface area contributed by atoms with E-state index in [9.17, 15) is 13.2 Å². The second-order valence-corrected chi connectivity index (χ2v) is 11.1. The summed E-state index contributed by atoms with van der Waals surface area (Å²) in [5.74, 6) is -0.380. The molecule has 2 heterocycles. The summed E-state index contributed by atoms with van der Waals surface area (Å²) in [5, 5.41) is 0.580. The number of nitrogens with zero attached hydrogens (tertiary/aromatic N) is 2. The fourth-order valence-electron chi connectivity index (χ4n) is 3.87. The number of ether oxygens (including phenoxy) is 1. The van der Waals surface area contributed by atoms with Crippen LogP contribution in [0.4, 0.5) is 5.13 Å². The maximum Gasteiger partial charge on any atom is 0.269 e. The third kappa shape index (κ3) is 4.63. The zero-order chi connectivity index (χ0) is 23.0. The van der Waals surface area contributed by atoms with Gasteiger partial charge in [0.25, 0.3) is 5.91 Å². The van der Waals surface area contributed by atoms with E-state index >= 15 is 0 Å². The van der Waals surface area contributed by atoms with Crippen LogP contribution in [0.2, 0.25) is 0 Å². The first-order valence-electron chi connectivity index (χ1n) is 10.3. The van der Waals surface area contributed by atoms with Crippen LogP contribution in [0.5, 0.6) is 0 Å². The molecule has 2 N–H and O–H groups in total. The van der Waals surface area contributed by atoms with Crippen LogP contribution < -0.4 is 10.9 Å². The average molecular weight is 475 g/mol. The second-order valence-electron chi connectivity index (χ2n) is 8.13. The highest BCUT2D eigenvalue weighted by Crippen LogP contribution is 2.29. The molecule has 0 saturated carbocycles. The van der Waals surface area contributed by atoms with E-state index in [1.54, 1.807) is 0 Å². The predicted molar refractivity (Wildman–Crippen MR) is 125 cm³/mol. The lowest BCUT2D eigenvalue weighted by Gasteiger charge is -2.34. The van der Waals surface area contributed by atoms with Crippen LogP contribution in [-0.2, 0) is 14.8 Å². The highest BCUT2D eigenvalue weighted by atomic mass is 32.2. The van der Waals surface area contributed by atoms with E-state index in [2.05, 4.69) is 21.9 Å². The van der Waals surface area contributed by atoms with Gasteiger partial charge < -0.3 is 4.74 Å². The number of nitrogens with one attached hydrogen (secondary N) is 2. The first-order valence-corrected chi connectivity index (χ1v) is 12.6. The van der Waals surface area contributed by atoms with Crippen molar-refractivity contribution in [3.63, 3.8) is 0 Å². The molecular weight excluding hydrogens is 448 g/mol. The number of carbonyl (C=O) groups excluding carboxylic acids is 1. The number of hydrogen-bond acceptors (Lipinski definition) is 7.